The van der Waals surface area contributed by atoms with E-state index in [9.17, 15) is 0 Å². The third-order valence-electron chi connectivity index (χ3n) is 4.45. The Morgan fingerprint density at radius 1 is 1.06 bits per heavy atom. The third kappa shape index (κ3) is 3.45. The van der Waals surface area contributed by atoms with Crippen LogP contribution in [0.5, 0.6) is 0 Å². The normalized spacial score (nSPS) is 32.8. The monoisotopic (exact) mass is 239 g/mol. The lowest BCUT2D eigenvalue weighted by molar-refractivity contribution is -0.0700. The van der Waals surface area contributed by atoms with Gasteiger partial charge >= 0.3 is 0 Å². The lowest BCUT2D eigenvalue weighted by Gasteiger charge is -2.30. The summed E-state index contributed by atoms with van der Waals surface area (Å²) >= 11 is 0. The van der Waals surface area contributed by atoms with Crippen molar-refractivity contribution in [2.75, 3.05) is 6.54 Å². The Balaban J connectivity index is 1.82. The first-order valence-corrected chi connectivity index (χ1v) is 7.33. The third-order valence-corrected chi connectivity index (χ3v) is 4.45. The van der Waals surface area contributed by atoms with E-state index >= 15 is 0 Å². The Bertz CT molecular complexity index is 254. The van der Waals surface area contributed by atoms with Crippen LogP contribution in [0, 0.1) is 5.92 Å². The Morgan fingerprint density at radius 2 is 1.71 bits per heavy atom. The van der Waals surface area contributed by atoms with E-state index < -0.39 is 0 Å². The molecule has 1 unspecified atom stereocenters. The van der Waals surface area contributed by atoms with Gasteiger partial charge in [-0.05, 0) is 59.4 Å². The molecule has 2 heteroatoms. The zero-order valence-corrected chi connectivity index (χ0v) is 12.0. The van der Waals surface area contributed by atoms with Crippen molar-refractivity contribution in [3.05, 3.63) is 0 Å². The van der Waals surface area contributed by atoms with E-state index in [1.807, 2.05) is 0 Å². The molecule has 1 aliphatic carbocycles. The molecule has 0 bridgehead atoms. The van der Waals surface area contributed by atoms with Gasteiger partial charge in [0.1, 0.15) is 0 Å². The molecule has 2 fully saturated rings. The van der Waals surface area contributed by atoms with Crippen LogP contribution < -0.4 is 5.32 Å². The number of hydrogen-bond acceptors (Lipinski definition) is 2. The van der Waals surface area contributed by atoms with Crippen molar-refractivity contribution in [1.29, 1.82) is 0 Å². The molecule has 1 N–H and O–H groups in total. The van der Waals surface area contributed by atoms with Crippen molar-refractivity contribution in [2.24, 2.45) is 5.92 Å². The predicted molar refractivity (Wildman–Crippen MR) is 72.2 cm³/mol. The molecule has 0 radical (unpaired) electrons. The van der Waals surface area contributed by atoms with Gasteiger partial charge in [-0.3, -0.25) is 0 Å². The average molecular weight is 239 g/mol. The van der Waals surface area contributed by atoms with Crippen LogP contribution in [0.15, 0.2) is 0 Å². The van der Waals surface area contributed by atoms with Crippen LogP contribution in [0.1, 0.15) is 66.2 Å². The molecule has 0 amide bonds. The number of rotatable bonds is 3. The van der Waals surface area contributed by atoms with Crippen molar-refractivity contribution < 1.29 is 4.74 Å². The fourth-order valence-corrected chi connectivity index (χ4v) is 3.58. The summed E-state index contributed by atoms with van der Waals surface area (Å²) in [5, 5.41) is 3.77. The molecule has 1 saturated carbocycles. The lowest BCUT2D eigenvalue weighted by atomic mass is 9.88. The molecule has 17 heavy (non-hydrogen) atoms. The maximum absolute atomic E-state index is 6.13. The molecule has 0 aromatic heterocycles. The highest BCUT2D eigenvalue weighted by Gasteiger charge is 2.45. The van der Waals surface area contributed by atoms with Crippen LogP contribution in [0.3, 0.4) is 0 Å². The summed E-state index contributed by atoms with van der Waals surface area (Å²) < 4.78 is 6.13. The van der Waals surface area contributed by atoms with Gasteiger partial charge in [-0.2, -0.15) is 0 Å². The molecular weight excluding hydrogens is 210 g/mol. The molecule has 0 aromatic carbocycles. The average Bonchev–Trinajstić information content (AvgIpc) is 2.45. The second-order valence-corrected chi connectivity index (χ2v) is 7.13. The zero-order valence-electron chi connectivity index (χ0n) is 12.0. The van der Waals surface area contributed by atoms with Crippen molar-refractivity contribution in [3.63, 3.8) is 0 Å². The fraction of sp³-hybridized carbons (Fsp3) is 1.00. The van der Waals surface area contributed by atoms with Crippen molar-refractivity contribution in [2.45, 2.75) is 83.5 Å². The topological polar surface area (TPSA) is 21.3 Å². The Hall–Kier alpha value is -0.0800. The van der Waals surface area contributed by atoms with E-state index in [4.69, 9.17) is 4.74 Å². The minimum absolute atomic E-state index is 0.0157. The van der Waals surface area contributed by atoms with Crippen LogP contribution in [0.25, 0.3) is 0 Å². The van der Waals surface area contributed by atoms with Gasteiger partial charge < -0.3 is 10.1 Å². The Labute approximate surface area is 107 Å². The molecule has 1 atom stereocenters. The molecule has 2 rings (SSSR count). The quantitative estimate of drug-likeness (QED) is 0.814. The summed E-state index contributed by atoms with van der Waals surface area (Å²) in [5.41, 5.74) is 0.0197. The minimum atomic E-state index is -0.0157. The largest absolute Gasteiger partial charge is 0.368 e. The van der Waals surface area contributed by atoms with Crippen molar-refractivity contribution >= 4 is 0 Å². The summed E-state index contributed by atoms with van der Waals surface area (Å²) in [5.74, 6) is 0.906. The van der Waals surface area contributed by atoms with Crippen molar-refractivity contribution in [1.82, 2.24) is 5.32 Å². The molecule has 0 spiro atoms. The van der Waals surface area contributed by atoms with Gasteiger partial charge in [0.05, 0.1) is 11.2 Å². The maximum Gasteiger partial charge on any atom is 0.0787 e. The molecular formula is C15H29NO. The summed E-state index contributed by atoms with van der Waals surface area (Å²) in [6, 6.07) is 0.513. The number of nitrogens with one attached hydrogen (secondary N) is 1. The molecule has 100 valence electrons. The second kappa shape index (κ2) is 4.89. The van der Waals surface area contributed by atoms with E-state index in [2.05, 4.69) is 33.0 Å². The van der Waals surface area contributed by atoms with Crippen LogP contribution >= 0.6 is 0 Å². The van der Waals surface area contributed by atoms with Crippen LogP contribution in [0.4, 0.5) is 0 Å². The first-order chi connectivity index (χ1) is 7.89. The van der Waals surface area contributed by atoms with E-state index in [1.54, 1.807) is 0 Å². The SMILES string of the molecule is CC1(C)CC(NCC2CCCCC2)C(C)(C)O1. The minimum Gasteiger partial charge on any atom is -0.368 e. The Kier molecular flexibility index (Phi) is 3.84. The highest BCUT2D eigenvalue weighted by atomic mass is 16.5. The number of ether oxygens (including phenoxy) is 1. The Morgan fingerprint density at radius 3 is 2.24 bits per heavy atom. The molecule has 1 heterocycles. The van der Waals surface area contributed by atoms with Crippen molar-refractivity contribution in [3.8, 4) is 0 Å². The van der Waals surface area contributed by atoms with Gasteiger partial charge in [0.2, 0.25) is 0 Å². The van der Waals surface area contributed by atoms with E-state index in [-0.39, 0.29) is 11.2 Å². The molecule has 0 aromatic rings. The summed E-state index contributed by atoms with van der Waals surface area (Å²) in [6.07, 6.45) is 8.29. The van der Waals surface area contributed by atoms with Gasteiger partial charge in [-0.15, -0.1) is 0 Å². The highest BCUT2D eigenvalue weighted by molar-refractivity contribution is 4.99. The zero-order chi connectivity index (χ0) is 12.5. The van der Waals surface area contributed by atoms with Gasteiger partial charge in [-0.25, -0.2) is 0 Å². The van der Waals surface area contributed by atoms with Gasteiger partial charge in [0.15, 0.2) is 0 Å². The summed E-state index contributed by atoms with van der Waals surface area (Å²) in [4.78, 5) is 0. The van der Waals surface area contributed by atoms with E-state index in [0.717, 1.165) is 12.3 Å². The van der Waals surface area contributed by atoms with E-state index in [1.165, 1.54) is 38.6 Å². The van der Waals surface area contributed by atoms with Crippen LogP contribution in [-0.2, 0) is 4.74 Å². The van der Waals surface area contributed by atoms with Crippen LogP contribution in [-0.4, -0.2) is 23.8 Å². The number of hydrogen-bond donors (Lipinski definition) is 1. The molecule has 2 nitrogen and oxygen atoms in total. The van der Waals surface area contributed by atoms with E-state index in [0.29, 0.717) is 6.04 Å². The second-order valence-electron chi connectivity index (χ2n) is 7.13. The van der Waals surface area contributed by atoms with Gasteiger partial charge in [0.25, 0.3) is 0 Å². The summed E-state index contributed by atoms with van der Waals surface area (Å²) in [7, 11) is 0. The molecule has 1 saturated heterocycles. The van der Waals surface area contributed by atoms with Gasteiger partial charge in [-0.1, -0.05) is 19.3 Å². The molecule has 1 aliphatic heterocycles. The first-order valence-electron chi connectivity index (χ1n) is 7.33. The van der Waals surface area contributed by atoms with Gasteiger partial charge in [0, 0.05) is 6.04 Å². The maximum atomic E-state index is 6.13. The summed E-state index contributed by atoms with van der Waals surface area (Å²) in [6.45, 7) is 10.0. The first kappa shape index (κ1) is 13.4. The highest BCUT2D eigenvalue weighted by Crippen LogP contribution is 2.37. The lowest BCUT2D eigenvalue weighted by Crippen LogP contribution is -2.45. The smallest absolute Gasteiger partial charge is 0.0787 e. The standard InChI is InChI=1S/C15H29NO/c1-14(2)10-13(15(3,4)17-14)16-11-12-8-6-5-7-9-12/h12-13,16H,5-11H2,1-4H3. The predicted octanol–water partition coefficient (Wildman–Crippen LogP) is 3.50. The fourth-order valence-electron chi connectivity index (χ4n) is 3.58. The van der Waals surface area contributed by atoms with Crippen LogP contribution in [0.2, 0.25) is 0 Å². The molecule has 2 aliphatic rings.